The minimum atomic E-state index is -0.529. The van der Waals surface area contributed by atoms with Gasteiger partial charge in [0.1, 0.15) is 24.3 Å². The van der Waals surface area contributed by atoms with Gasteiger partial charge in [-0.3, -0.25) is 4.79 Å². The zero-order valence-electron chi connectivity index (χ0n) is 10.5. The lowest BCUT2D eigenvalue weighted by Gasteiger charge is -2.22. The molecule has 2 rings (SSSR count). The van der Waals surface area contributed by atoms with E-state index >= 15 is 0 Å². The smallest absolute Gasteiger partial charge is 0.251 e. The van der Waals surface area contributed by atoms with Crippen molar-refractivity contribution in [2.24, 2.45) is 0 Å². The summed E-state index contributed by atoms with van der Waals surface area (Å²) in [6.45, 7) is 2.68. The lowest BCUT2D eigenvalue weighted by atomic mass is 10.1. The SMILES string of the molecule is CO[C@H](C)C(=O)N1CCOc2cccc(F)c2C1. The average molecular weight is 253 g/mol. The van der Waals surface area contributed by atoms with Crippen LogP contribution in [0.1, 0.15) is 12.5 Å². The van der Waals surface area contributed by atoms with Crippen molar-refractivity contribution < 1.29 is 18.7 Å². The molecule has 1 heterocycles. The number of ether oxygens (including phenoxy) is 2. The second-order valence-corrected chi connectivity index (χ2v) is 4.20. The molecule has 18 heavy (non-hydrogen) atoms. The molecule has 0 saturated heterocycles. The number of fused-ring (bicyclic) bond motifs is 1. The number of methoxy groups -OCH3 is 1. The van der Waals surface area contributed by atoms with Gasteiger partial charge in [-0.25, -0.2) is 4.39 Å². The van der Waals surface area contributed by atoms with E-state index < -0.39 is 6.10 Å². The third-order valence-corrected chi connectivity index (χ3v) is 3.06. The Morgan fingerprint density at radius 1 is 1.56 bits per heavy atom. The molecule has 5 heteroatoms. The van der Waals surface area contributed by atoms with Crippen molar-refractivity contribution in [2.45, 2.75) is 19.6 Å². The summed E-state index contributed by atoms with van der Waals surface area (Å²) in [6, 6.07) is 4.69. The van der Waals surface area contributed by atoms with Crippen LogP contribution in [0.2, 0.25) is 0 Å². The van der Waals surface area contributed by atoms with E-state index in [9.17, 15) is 9.18 Å². The van der Waals surface area contributed by atoms with Crippen molar-refractivity contribution in [3.63, 3.8) is 0 Å². The Morgan fingerprint density at radius 2 is 2.33 bits per heavy atom. The van der Waals surface area contributed by atoms with E-state index in [0.29, 0.717) is 24.5 Å². The minimum absolute atomic E-state index is 0.155. The quantitative estimate of drug-likeness (QED) is 0.803. The molecule has 0 unspecified atom stereocenters. The number of carbonyl (C=O) groups excluding carboxylic acids is 1. The Bertz CT molecular complexity index is 450. The van der Waals surface area contributed by atoms with E-state index in [2.05, 4.69) is 0 Å². The Kier molecular flexibility index (Phi) is 3.81. The summed E-state index contributed by atoms with van der Waals surface area (Å²) < 4.78 is 24.2. The fraction of sp³-hybridized carbons (Fsp3) is 0.462. The Balaban J connectivity index is 2.23. The maximum absolute atomic E-state index is 13.7. The molecule has 1 aliphatic heterocycles. The van der Waals surface area contributed by atoms with Gasteiger partial charge in [0.05, 0.1) is 13.1 Å². The number of nitrogens with zero attached hydrogens (tertiary/aromatic N) is 1. The van der Waals surface area contributed by atoms with Crippen LogP contribution in [0, 0.1) is 5.82 Å². The number of hydrogen-bond acceptors (Lipinski definition) is 3. The average Bonchev–Trinajstić information content (AvgIpc) is 2.60. The van der Waals surface area contributed by atoms with Crippen LogP contribution in [0.5, 0.6) is 5.75 Å². The maximum atomic E-state index is 13.7. The van der Waals surface area contributed by atoms with Gasteiger partial charge in [-0.2, -0.15) is 0 Å². The highest BCUT2D eigenvalue weighted by Crippen LogP contribution is 2.25. The van der Waals surface area contributed by atoms with Crippen LogP contribution >= 0.6 is 0 Å². The highest BCUT2D eigenvalue weighted by Gasteiger charge is 2.25. The van der Waals surface area contributed by atoms with Crippen molar-refractivity contribution in [3.05, 3.63) is 29.6 Å². The zero-order valence-corrected chi connectivity index (χ0v) is 10.5. The molecule has 98 valence electrons. The molecular weight excluding hydrogens is 237 g/mol. The van der Waals surface area contributed by atoms with Crippen molar-refractivity contribution in [1.82, 2.24) is 4.90 Å². The van der Waals surface area contributed by atoms with Gasteiger partial charge in [0.25, 0.3) is 5.91 Å². The molecule has 1 aromatic rings. The van der Waals surface area contributed by atoms with E-state index in [1.54, 1.807) is 24.0 Å². The first-order valence-corrected chi connectivity index (χ1v) is 5.85. The number of hydrogen-bond donors (Lipinski definition) is 0. The molecule has 0 aromatic heterocycles. The second kappa shape index (κ2) is 5.35. The molecule has 0 fully saturated rings. The third kappa shape index (κ3) is 2.46. The van der Waals surface area contributed by atoms with Gasteiger partial charge in [0.2, 0.25) is 0 Å². The molecule has 0 bridgehead atoms. The predicted octanol–water partition coefficient (Wildman–Crippen LogP) is 1.58. The van der Waals surface area contributed by atoms with Gasteiger partial charge in [0, 0.05) is 12.7 Å². The van der Waals surface area contributed by atoms with Gasteiger partial charge in [-0.15, -0.1) is 0 Å². The van der Waals surface area contributed by atoms with Gasteiger partial charge in [-0.05, 0) is 19.1 Å². The van der Waals surface area contributed by atoms with Gasteiger partial charge in [-0.1, -0.05) is 6.07 Å². The van der Waals surface area contributed by atoms with Crippen LogP contribution in [0.15, 0.2) is 18.2 Å². The van der Waals surface area contributed by atoms with Gasteiger partial charge < -0.3 is 14.4 Å². The van der Waals surface area contributed by atoms with Crippen LogP contribution in [0.4, 0.5) is 4.39 Å². The topological polar surface area (TPSA) is 38.8 Å². The molecule has 0 radical (unpaired) electrons. The van der Waals surface area contributed by atoms with E-state index in [1.807, 2.05) is 0 Å². The Labute approximate surface area is 105 Å². The molecule has 1 aliphatic rings. The van der Waals surface area contributed by atoms with Crippen molar-refractivity contribution in [2.75, 3.05) is 20.3 Å². The van der Waals surface area contributed by atoms with Crippen molar-refractivity contribution >= 4 is 5.91 Å². The third-order valence-electron chi connectivity index (χ3n) is 3.06. The van der Waals surface area contributed by atoms with E-state index in [1.165, 1.54) is 13.2 Å². The highest BCUT2D eigenvalue weighted by molar-refractivity contribution is 5.80. The molecule has 0 N–H and O–H groups in total. The summed E-state index contributed by atoms with van der Waals surface area (Å²) in [5, 5.41) is 0. The van der Waals surface area contributed by atoms with Crippen LogP contribution in [0.25, 0.3) is 0 Å². The number of amides is 1. The first kappa shape index (κ1) is 12.8. The summed E-state index contributed by atoms with van der Waals surface area (Å²) in [5.74, 6) is 0.00448. The Morgan fingerprint density at radius 3 is 3.06 bits per heavy atom. The summed E-state index contributed by atoms with van der Waals surface area (Å²) in [7, 11) is 1.48. The molecule has 0 saturated carbocycles. The zero-order chi connectivity index (χ0) is 13.1. The maximum Gasteiger partial charge on any atom is 0.251 e. The first-order valence-electron chi connectivity index (χ1n) is 5.85. The summed E-state index contributed by atoms with van der Waals surface area (Å²) >= 11 is 0. The molecular formula is C13H16FNO3. The normalized spacial score (nSPS) is 16.5. The molecule has 0 spiro atoms. The second-order valence-electron chi connectivity index (χ2n) is 4.20. The summed E-state index contributed by atoms with van der Waals surface area (Å²) in [4.78, 5) is 13.6. The van der Waals surface area contributed by atoms with E-state index in [-0.39, 0.29) is 18.3 Å². The number of halogens is 1. The van der Waals surface area contributed by atoms with Crippen molar-refractivity contribution in [3.8, 4) is 5.75 Å². The first-order chi connectivity index (χ1) is 8.63. The number of rotatable bonds is 2. The minimum Gasteiger partial charge on any atom is -0.491 e. The summed E-state index contributed by atoms with van der Waals surface area (Å²) in [5.41, 5.74) is 0.423. The predicted molar refractivity (Wildman–Crippen MR) is 63.8 cm³/mol. The molecule has 1 amide bonds. The standard InChI is InChI=1S/C13H16FNO3/c1-9(17-2)13(16)15-6-7-18-12-5-3-4-11(14)10(12)8-15/h3-5,9H,6-8H2,1-2H3/t9-/m1/s1. The Hall–Kier alpha value is -1.62. The lowest BCUT2D eigenvalue weighted by molar-refractivity contribution is -0.141. The van der Waals surface area contributed by atoms with Crippen LogP contribution < -0.4 is 4.74 Å². The number of benzene rings is 1. The highest BCUT2D eigenvalue weighted by atomic mass is 19.1. The summed E-state index contributed by atoms with van der Waals surface area (Å²) in [6.07, 6.45) is -0.529. The molecule has 1 aromatic carbocycles. The largest absolute Gasteiger partial charge is 0.491 e. The van der Waals surface area contributed by atoms with Gasteiger partial charge in [0.15, 0.2) is 0 Å². The van der Waals surface area contributed by atoms with Crippen LogP contribution in [-0.2, 0) is 16.1 Å². The molecule has 0 aliphatic carbocycles. The fourth-order valence-electron chi connectivity index (χ4n) is 1.91. The van der Waals surface area contributed by atoms with Crippen LogP contribution in [0.3, 0.4) is 0 Å². The fourth-order valence-corrected chi connectivity index (χ4v) is 1.91. The lowest BCUT2D eigenvalue weighted by Crippen LogP contribution is -2.39. The van der Waals surface area contributed by atoms with Gasteiger partial charge >= 0.3 is 0 Å². The van der Waals surface area contributed by atoms with E-state index in [4.69, 9.17) is 9.47 Å². The van der Waals surface area contributed by atoms with Crippen LogP contribution in [-0.4, -0.2) is 37.2 Å². The van der Waals surface area contributed by atoms with Crippen molar-refractivity contribution in [1.29, 1.82) is 0 Å². The molecule has 4 nitrogen and oxygen atoms in total. The van der Waals surface area contributed by atoms with E-state index in [0.717, 1.165) is 0 Å². The monoisotopic (exact) mass is 253 g/mol. The number of carbonyl (C=O) groups is 1. The molecule has 1 atom stereocenters.